The van der Waals surface area contributed by atoms with E-state index in [0.29, 0.717) is 17.9 Å². The van der Waals surface area contributed by atoms with Crippen molar-refractivity contribution in [2.24, 2.45) is 0 Å². The lowest BCUT2D eigenvalue weighted by Crippen LogP contribution is -2.41. The number of methoxy groups -OCH3 is 3. The normalized spacial score (nSPS) is 11.6. The second-order valence-corrected chi connectivity index (χ2v) is 4.96. The molecule has 0 saturated heterocycles. The van der Waals surface area contributed by atoms with Gasteiger partial charge in [0.05, 0.1) is 14.2 Å². The number of rotatable bonds is 10. The highest BCUT2D eigenvalue weighted by Gasteiger charge is 2.19. The number of aryl methyl sites for hydroxylation is 1. The monoisotopic (exact) mass is 325 g/mol. The molecule has 0 saturated carbocycles. The lowest BCUT2D eigenvalue weighted by molar-refractivity contribution is -0.142. The number of nitrogens with one attached hydrogen (secondary N) is 1. The first-order valence-corrected chi connectivity index (χ1v) is 7.23. The molecule has 1 aromatic carbocycles. The first-order chi connectivity index (χ1) is 11.0. The fourth-order valence-electron chi connectivity index (χ4n) is 2.03. The molecule has 0 spiro atoms. The van der Waals surface area contributed by atoms with Crippen LogP contribution < -0.4 is 14.8 Å². The fourth-order valence-corrected chi connectivity index (χ4v) is 2.03. The Bertz CT molecular complexity index is 509. The highest BCUT2D eigenvalue weighted by Crippen LogP contribution is 2.23. The second kappa shape index (κ2) is 9.68. The molecule has 7 heteroatoms. The molecular formula is C16H23NO6. The van der Waals surface area contributed by atoms with Gasteiger partial charge in [-0.25, -0.2) is 4.79 Å². The van der Waals surface area contributed by atoms with E-state index < -0.39 is 12.0 Å². The van der Waals surface area contributed by atoms with E-state index >= 15 is 0 Å². The van der Waals surface area contributed by atoms with Gasteiger partial charge in [-0.3, -0.25) is 4.79 Å². The maximum Gasteiger partial charge on any atom is 0.326 e. The number of carbonyl (C=O) groups is 2. The van der Waals surface area contributed by atoms with E-state index in [4.69, 9.17) is 19.3 Å². The standard InChI is InChI=1S/C16H23NO6/c1-21-7-6-14(16(19)20)17-15(18)5-4-11-8-12(22-2)10-13(9-11)23-3/h8-10,14H,4-7H2,1-3H3,(H,17,18)(H,19,20). The Morgan fingerprint density at radius 3 is 2.22 bits per heavy atom. The van der Waals surface area contributed by atoms with E-state index in [-0.39, 0.29) is 25.4 Å². The molecule has 2 N–H and O–H groups in total. The van der Waals surface area contributed by atoms with Crippen molar-refractivity contribution >= 4 is 11.9 Å². The van der Waals surface area contributed by atoms with Crippen LogP contribution in [0.3, 0.4) is 0 Å². The summed E-state index contributed by atoms with van der Waals surface area (Å²) >= 11 is 0. The minimum absolute atomic E-state index is 0.174. The van der Waals surface area contributed by atoms with Gasteiger partial charge in [0.15, 0.2) is 0 Å². The first-order valence-electron chi connectivity index (χ1n) is 7.23. The second-order valence-electron chi connectivity index (χ2n) is 4.96. The van der Waals surface area contributed by atoms with Gasteiger partial charge in [-0.1, -0.05) is 0 Å². The summed E-state index contributed by atoms with van der Waals surface area (Å²) in [7, 11) is 4.59. The average Bonchev–Trinajstić information content (AvgIpc) is 2.55. The van der Waals surface area contributed by atoms with Gasteiger partial charge in [-0.15, -0.1) is 0 Å². The molecule has 23 heavy (non-hydrogen) atoms. The van der Waals surface area contributed by atoms with Gasteiger partial charge in [0.1, 0.15) is 17.5 Å². The third kappa shape index (κ3) is 6.56. The molecule has 0 heterocycles. The van der Waals surface area contributed by atoms with Crippen LogP contribution in [0, 0.1) is 0 Å². The number of carbonyl (C=O) groups excluding carboxylic acids is 1. The predicted molar refractivity (Wildman–Crippen MR) is 83.9 cm³/mol. The van der Waals surface area contributed by atoms with Gasteiger partial charge in [-0.05, 0) is 24.1 Å². The summed E-state index contributed by atoms with van der Waals surface area (Å²) in [5.74, 6) is -0.111. The molecule has 1 unspecified atom stereocenters. The average molecular weight is 325 g/mol. The summed E-state index contributed by atoms with van der Waals surface area (Å²) in [5.41, 5.74) is 0.875. The zero-order valence-corrected chi connectivity index (χ0v) is 13.6. The maximum absolute atomic E-state index is 11.9. The molecule has 128 valence electrons. The zero-order valence-electron chi connectivity index (χ0n) is 13.6. The van der Waals surface area contributed by atoms with Crippen molar-refractivity contribution in [1.29, 1.82) is 0 Å². The topological polar surface area (TPSA) is 94.1 Å². The van der Waals surface area contributed by atoms with Gasteiger partial charge in [-0.2, -0.15) is 0 Å². The molecule has 1 amide bonds. The van der Waals surface area contributed by atoms with Crippen molar-refractivity contribution in [2.45, 2.75) is 25.3 Å². The molecule has 0 aromatic heterocycles. The summed E-state index contributed by atoms with van der Waals surface area (Å²) in [5, 5.41) is 11.6. The number of benzene rings is 1. The van der Waals surface area contributed by atoms with E-state index in [2.05, 4.69) is 5.32 Å². The Labute approximate surface area is 135 Å². The number of carboxylic acid groups (broad SMARTS) is 1. The summed E-state index contributed by atoms with van der Waals surface area (Å²) < 4.78 is 15.2. The first kappa shape index (κ1) is 18.8. The zero-order chi connectivity index (χ0) is 17.2. The lowest BCUT2D eigenvalue weighted by atomic mass is 10.1. The Morgan fingerprint density at radius 2 is 1.74 bits per heavy atom. The maximum atomic E-state index is 11.9. The number of ether oxygens (including phenoxy) is 3. The van der Waals surface area contributed by atoms with Crippen LogP contribution in [0.25, 0.3) is 0 Å². The van der Waals surface area contributed by atoms with Crippen LogP contribution in [0.1, 0.15) is 18.4 Å². The number of aliphatic carboxylic acids is 1. The summed E-state index contributed by atoms with van der Waals surface area (Å²) in [6.07, 6.45) is 0.855. The molecule has 0 aliphatic heterocycles. The van der Waals surface area contributed by atoms with Crippen LogP contribution in [-0.4, -0.2) is 51.0 Å². The molecule has 1 rings (SSSR count). The van der Waals surface area contributed by atoms with Gasteiger partial charge < -0.3 is 24.6 Å². The minimum atomic E-state index is -1.07. The number of hydrogen-bond donors (Lipinski definition) is 2. The molecule has 0 aliphatic carbocycles. The van der Waals surface area contributed by atoms with Crippen LogP contribution in [0.2, 0.25) is 0 Å². The van der Waals surface area contributed by atoms with E-state index in [1.54, 1.807) is 20.3 Å². The number of carboxylic acids is 1. The Kier molecular flexibility index (Phi) is 7.90. The van der Waals surface area contributed by atoms with Crippen molar-refractivity contribution < 1.29 is 28.9 Å². The largest absolute Gasteiger partial charge is 0.497 e. The van der Waals surface area contributed by atoms with Gasteiger partial charge >= 0.3 is 5.97 Å². The number of hydrogen-bond acceptors (Lipinski definition) is 5. The number of amides is 1. The molecule has 0 fully saturated rings. The Morgan fingerprint density at radius 1 is 1.13 bits per heavy atom. The smallest absolute Gasteiger partial charge is 0.326 e. The van der Waals surface area contributed by atoms with Crippen molar-refractivity contribution in [1.82, 2.24) is 5.32 Å². The van der Waals surface area contributed by atoms with E-state index in [0.717, 1.165) is 5.56 Å². The molecule has 0 aliphatic rings. The van der Waals surface area contributed by atoms with Gasteiger partial charge in [0.2, 0.25) is 5.91 Å². The van der Waals surface area contributed by atoms with Crippen molar-refractivity contribution in [3.63, 3.8) is 0 Å². The summed E-state index contributed by atoms with van der Waals surface area (Å²) in [6, 6.07) is 4.43. The third-order valence-electron chi connectivity index (χ3n) is 3.30. The quantitative estimate of drug-likeness (QED) is 0.672. The Hall–Kier alpha value is -2.28. The molecule has 1 atom stereocenters. The van der Waals surface area contributed by atoms with Gasteiger partial charge in [0.25, 0.3) is 0 Å². The Balaban J connectivity index is 2.59. The van der Waals surface area contributed by atoms with Crippen LogP contribution in [-0.2, 0) is 20.7 Å². The van der Waals surface area contributed by atoms with Crippen LogP contribution in [0.15, 0.2) is 18.2 Å². The minimum Gasteiger partial charge on any atom is -0.497 e. The van der Waals surface area contributed by atoms with Crippen molar-refractivity contribution in [3.8, 4) is 11.5 Å². The van der Waals surface area contributed by atoms with Crippen LogP contribution in [0.4, 0.5) is 0 Å². The van der Waals surface area contributed by atoms with Crippen molar-refractivity contribution in [3.05, 3.63) is 23.8 Å². The summed E-state index contributed by atoms with van der Waals surface area (Å²) in [6.45, 7) is 0.268. The SMILES string of the molecule is COCCC(NC(=O)CCc1cc(OC)cc(OC)c1)C(=O)O. The lowest BCUT2D eigenvalue weighted by Gasteiger charge is -2.14. The third-order valence-corrected chi connectivity index (χ3v) is 3.30. The molecule has 0 bridgehead atoms. The van der Waals surface area contributed by atoms with E-state index in [1.807, 2.05) is 12.1 Å². The van der Waals surface area contributed by atoms with Gasteiger partial charge in [0, 0.05) is 32.6 Å². The van der Waals surface area contributed by atoms with Crippen LogP contribution in [0.5, 0.6) is 11.5 Å². The fraction of sp³-hybridized carbons (Fsp3) is 0.500. The highest BCUT2D eigenvalue weighted by molar-refractivity contribution is 5.83. The van der Waals surface area contributed by atoms with Crippen molar-refractivity contribution in [2.75, 3.05) is 27.9 Å². The van der Waals surface area contributed by atoms with Crippen LogP contribution >= 0.6 is 0 Å². The molecule has 0 radical (unpaired) electrons. The molecule has 1 aromatic rings. The molecule has 7 nitrogen and oxygen atoms in total. The van der Waals surface area contributed by atoms with E-state index in [1.165, 1.54) is 7.11 Å². The molecular weight excluding hydrogens is 302 g/mol. The highest BCUT2D eigenvalue weighted by atomic mass is 16.5. The van der Waals surface area contributed by atoms with E-state index in [9.17, 15) is 9.59 Å². The summed E-state index contributed by atoms with van der Waals surface area (Å²) in [4.78, 5) is 23.0. The predicted octanol–water partition coefficient (Wildman–Crippen LogP) is 1.24.